The summed E-state index contributed by atoms with van der Waals surface area (Å²) in [5.41, 5.74) is 8.52. The summed E-state index contributed by atoms with van der Waals surface area (Å²) in [5, 5.41) is 15.8. The molecule has 0 radical (unpaired) electrons. The minimum atomic E-state index is -0.312. The Morgan fingerprint density at radius 1 is 1.18 bits per heavy atom. The van der Waals surface area contributed by atoms with Gasteiger partial charge in [0.25, 0.3) is 5.91 Å². The summed E-state index contributed by atoms with van der Waals surface area (Å²) in [4.78, 5) is 32.3. The van der Waals surface area contributed by atoms with Crippen molar-refractivity contribution < 1.29 is 14.0 Å². The molecule has 1 aromatic heterocycles. The smallest absolute Gasteiger partial charge is 0.255 e. The van der Waals surface area contributed by atoms with Crippen LogP contribution in [0, 0.1) is 17.1 Å². The number of carbonyl (C=O) groups is 2. The van der Waals surface area contributed by atoms with E-state index in [1.165, 1.54) is 12.1 Å². The Morgan fingerprint density at radius 3 is 2.82 bits per heavy atom. The summed E-state index contributed by atoms with van der Waals surface area (Å²) in [6, 6.07) is 19.0. The van der Waals surface area contributed by atoms with Crippen LogP contribution in [-0.4, -0.2) is 53.9 Å². The Bertz CT molecular complexity index is 1360. The van der Waals surface area contributed by atoms with E-state index in [4.69, 9.17) is 10.7 Å². The van der Waals surface area contributed by atoms with Crippen molar-refractivity contribution in [3.8, 4) is 17.3 Å². The molecule has 2 heterocycles. The fourth-order valence-corrected chi connectivity index (χ4v) is 4.83. The summed E-state index contributed by atoms with van der Waals surface area (Å²) in [7, 11) is 0. The maximum Gasteiger partial charge on any atom is 0.255 e. The largest absolute Gasteiger partial charge is 0.369 e. The molecule has 1 aliphatic rings. The number of hydrogen-bond donors (Lipinski definition) is 3. The molecule has 1 aliphatic heterocycles. The van der Waals surface area contributed by atoms with Gasteiger partial charge in [-0.15, -0.1) is 0 Å². The first kappa shape index (κ1) is 27.7. The van der Waals surface area contributed by atoms with E-state index in [2.05, 4.69) is 16.7 Å². The lowest BCUT2D eigenvalue weighted by atomic mass is 10.0. The number of hydrogen-bond acceptors (Lipinski definition) is 6. The molecule has 1 atom stereocenters. The molecule has 9 heteroatoms. The van der Waals surface area contributed by atoms with Crippen LogP contribution in [0.4, 0.5) is 10.2 Å². The lowest BCUT2D eigenvalue weighted by molar-refractivity contribution is -0.136. The van der Waals surface area contributed by atoms with Gasteiger partial charge in [0.2, 0.25) is 5.91 Å². The van der Waals surface area contributed by atoms with Crippen molar-refractivity contribution in [3.05, 3.63) is 83.2 Å². The lowest BCUT2D eigenvalue weighted by Gasteiger charge is -2.35. The van der Waals surface area contributed by atoms with Crippen LogP contribution >= 0.6 is 0 Å². The van der Waals surface area contributed by atoms with Crippen LogP contribution in [0.3, 0.4) is 0 Å². The zero-order valence-electron chi connectivity index (χ0n) is 21.8. The Labute approximate surface area is 228 Å². The summed E-state index contributed by atoms with van der Waals surface area (Å²) >= 11 is 0. The topological polar surface area (TPSA) is 124 Å². The van der Waals surface area contributed by atoms with Gasteiger partial charge >= 0.3 is 0 Å². The number of halogens is 1. The van der Waals surface area contributed by atoms with E-state index in [0.29, 0.717) is 73.6 Å². The third-order valence-electron chi connectivity index (χ3n) is 6.85. The van der Waals surface area contributed by atoms with Gasteiger partial charge < -0.3 is 21.3 Å². The van der Waals surface area contributed by atoms with Crippen LogP contribution in [0.2, 0.25) is 0 Å². The Kier molecular flexibility index (Phi) is 9.59. The molecule has 0 saturated carbocycles. The van der Waals surface area contributed by atoms with Gasteiger partial charge in [0.1, 0.15) is 11.6 Å². The van der Waals surface area contributed by atoms with Crippen LogP contribution < -0.4 is 16.4 Å². The van der Waals surface area contributed by atoms with E-state index in [1.807, 2.05) is 23.1 Å². The fraction of sp³-hybridized carbons (Fsp3) is 0.333. The minimum Gasteiger partial charge on any atom is -0.369 e. The maximum absolute atomic E-state index is 13.6. The van der Waals surface area contributed by atoms with Crippen LogP contribution in [0.25, 0.3) is 11.3 Å². The molecule has 0 aliphatic carbocycles. The standard InChI is InChI=1S/C30H33FN6O2/c31-23-8-3-6-21(18-23)14-16-34-29-26(12-13-27(36-29)25-10-2-1-7-22(25)19-33)30(39)35-20-24-9-4-11-28(38)37(24)17-5-15-32/h1-3,6-8,10,12-13,18,24H,4-5,9,11,14-17,20,32H2,(H,34,36)(H,35,39)/t24-/m1/s1. The number of nitrogens with one attached hydrogen (secondary N) is 2. The quantitative estimate of drug-likeness (QED) is 0.347. The number of benzene rings is 2. The van der Waals surface area contributed by atoms with Gasteiger partial charge in [0.15, 0.2) is 0 Å². The van der Waals surface area contributed by atoms with E-state index in [-0.39, 0.29) is 23.7 Å². The number of piperidine rings is 1. The van der Waals surface area contributed by atoms with E-state index in [9.17, 15) is 19.2 Å². The third kappa shape index (κ3) is 7.18. The number of nitrogens with zero attached hydrogens (tertiary/aromatic N) is 3. The number of pyridine rings is 1. The Balaban J connectivity index is 1.54. The van der Waals surface area contributed by atoms with Crippen molar-refractivity contribution in [2.24, 2.45) is 5.73 Å². The highest BCUT2D eigenvalue weighted by atomic mass is 19.1. The second-order valence-electron chi connectivity index (χ2n) is 9.54. The highest BCUT2D eigenvalue weighted by molar-refractivity contribution is 5.99. The number of carbonyl (C=O) groups excluding carboxylic acids is 2. The van der Waals surface area contributed by atoms with Crippen molar-refractivity contribution in [2.75, 3.05) is 31.5 Å². The maximum atomic E-state index is 13.6. The predicted molar refractivity (Wildman–Crippen MR) is 148 cm³/mol. The second-order valence-corrected chi connectivity index (χ2v) is 9.54. The van der Waals surface area contributed by atoms with E-state index in [1.54, 1.807) is 30.3 Å². The number of nitriles is 1. The minimum absolute atomic E-state index is 0.0825. The first-order chi connectivity index (χ1) is 19.0. The van der Waals surface area contributed by atoms with Crippen molar-refractivity contribution >= 4 is 17.6 Å². The van der Waals surface area contributed by atoms with Gasteiger partial charge in [-0.05, 0) is 68.1 Å². The number of likely N-dealkylation sites (tertiary alicyclic amines) is 1. The Hall–Kier alpha value is -4.29. The van der Waals surface area contributed by atoms with Gasteiger partial charge in [-0.3, -0.25) is 9.59 Å². The molecule has 1 saturated heterocycles. The highest BCUT2D eigenvalue weighted by Crippen LogP contribution is 2.25. The van der Waals surface area contributed by atoms with Crippen LogP contribution in [-0.2, 0) is 11.2 Å². The van der Waals surface area contributed by atoms with E-state index >= 15 is 0 Å². The van der Waals surface area contributed by atoms with Gasteiger partial charge in [-0.1, -0.05) is 30.3 Å². The molecule has 202 valence electrons. The molecule has 2 amide bonds. The Morgan fingerprint density at radius 2 is 2.03 bits per heavy atom. The zero-order chi connectivity index (χ0) is 27.6. The third-order valence-corrected chi connectivity index (χ3v) is 6.85. The number of rotatable bonds is 11. The lowest BCUT2D eigenvalue weighted by Crippen LogP contribution is -2.50. The van der Waals surface area contributed by atoms with Crippen molar-refractivity contribution in [1.29, 1.82) is 5.26 Å². The number of amides is 2. The summed E-state index contributed by atoms with van der Waals surface area (Å²) < 4.78 is 13.6. The molecule has 0 bridgehead atoms. The van der Waals surface area contributed by atoms with Crippen molar-refractivity contribution in [3.63, 3.8) is 0 Å². The van der Waals surface area contributed by atoms with E-state index < -0.39 is 0 Å². The van der Waals surface area contributed by atoms with Crippen LogP contribution in [0.1, 0.15) is 47.2 Å². The average molecular weight is 529 g/mol. The molecule has 4 N–H and O–H groups in total. The van der Waals surface area contributed by atoms with Gasteiger partial charge in [-0.2, -0.15) is 5.26 Å². The normalized spacial score (nSPS) is 15.1. The van der Waals surface area contributed by atoms with Crippen LogP contribution in [0.5, 0.6) is 0 Å². The van der Waals surface area contributed by atoms with Crippen molar-refractivity contribution in [2.45, 2.75) is 38.1 Å². The summed E-state index contributed by atoms with van der Waals surface area (Å²) in [5.74, 6) is -0.153. The number of anilines is 1. The predicted octanol–water partition coefficient (Wildman–Crippen LogP) is 3.87. The fourth-order valence-electron chi connectivity index (χ4n) is 4.83. The molecule has 4 rings (SSSR count). The van der Waals surface area contributed by atoms with E-state index in [0.717, 1.165) is 18.4 Å². The first-order valence-corrected chi connectivity index (χ1v) is 13.3. The first-order valence-electron chi connectivity index (χ1n) is 13.3. The number of nitrogens with two attached hydrogens (primary N) is 1. The van der Waals surface area contributed by atoms with Crippen LogP contribution in [0.15, 0.2) is 60.7 Å². The second kappa shape index (κ2) is 13.5. The monoisotopic (exact) mass is 528 g/mol. The van der Waals surface area contributed by atoms with Gasteiger partial charge in [0, 0.05) is 37.7 Å². The van der Waals surface area contributed by atoms with Gasteiger partial charge in [-0.25, -0.2) is 9.37 Å². The highest BCUT2D eigenvalue weighted by Gasteiger charge is 2.28. The molecule has 2 aromatic carbocycles. The van der Waals surface area contributed by atoms with Crippen molar-refractivity contribution in [1.82, 2.24) is 15.2 Å². The summed E-state index contributed by atoms with van der Waals surface area (Å²) in [6.07, 6.45) is 3.37. The summed E-state index contributed by atoms with van der Waals surface area (Å²) in [6.45, 7) is 1.83. The molecule has 0 spiro atoms. The zero-order valence-corrected chi connectivity index (χ0v) is 21.8. The SMILES string of the molecule is N#Cc1ccccc1-c1ccc(C(=O)NC[C@H]2CCCC(=O)N2CCCN)c(NCCc2cccc(F)c2)n1. The average Bonchev–Trinajstić information content (AvgIpc) is 2.95. The molecule has 39 heavy (non-hydrogen) atoms. The molecular formula is C30H33FN6O2. The molecular weight excluding hydrogens is 495 g/mol. The van der Waals surface area contributed by atoms with Gasteiger partial charge in [0.05, 0.1) is 22.9 Å². The molecule has 8 nitrogen and oxygen atoms in total. The molecule has 1 fully saturated rings. The molecule has 0 unspecified atom stereocenters. The number of aromatic nitrogens is 1. The molecule has 3 aromatic rings.